The lowest BCUT2D eigenvalue weighted by molar-refractivity contribution is -0.118. The van der Waals surface area contributed by atoms with Gasteiger partial charge in [0.15, 0.2) is 0 Å². The molecule has 0 N–H and O–H groups in total. The summed E-state index contributed by atoms with van der Waals surface area (Å²) in [4.78, 5) is 20.2. The summed E-state index contributed by atoms with van der Waals surface area (Å²) in [6, 6.07) is 16.6. The number of hydrogen-bond donors (Lipinski definition) is 0. The molecule has 3 rings (SSSR count). The van der Waals surface area contributed by atoms with Crippen LogP contribution < -0.4 is 0 Å². The first-order chi connectivity index (χ1) is 12.2. The van der Waals surface area contributed by atoms with Gasteiger partial charge in [-0.3, -0.25) is 4.79 Å². The van der Waals surface area contributed by atoms with Gasteiger partial charge in [0.2, 0.25) is 0 Å². The lowest BCUT2D eigenvalue weighted by atomic mass is 10.0. The summed E-state index contributed by atoms with van der Waals surface area (Å²) in [5, 5.41) is 0. The zero-order valence-electron chi connectivity index (χ0n) is 14.5. The fourth-order valence-corrected chi connectivity index (χ4v) is 2.82. The first kappa shape index (κ1) is 17.0. The summed E-state index contributed by atoms with van der Waals surface area (Å²) in [7, 11) is 0. The Bertz CT molecular complexity index is 809. The van der Waals surface area contributed by atoms with Crippen molar-refractivity contribution in [3.8, 4) is 11.1 Å². The highest BCUT2D eigenvalue weighted by Gasteiger charge is 2.05. The summed E-state index contributed by atoms with van der Waals surface area (Å²) in [5.41, 5.74) is 5.71. The first-order valence-electron chi connectivity index (χ1n) is 8.62. The highest BCUT2D eigenvalue weighted by molar-refractivity contribution is 5.80. The van der Waals surface area contributed by atoms with Crippen LogP contribution in [0, 0.1) is 6.92 Å². The lowest BCUT2D eigenvalue weighted by Gasteiger charge is -2.05. The molecule has 0 amide bonds. The molecule has 0 spiro atoms. The van der Waals surface area contributed by atoms with E-state index < -0.39 is 0 Å². The lowest BCUT2D eigenvalue weighted by Crippen LogP contribution is -2.03. The second-order valence-electron chi connectivity index (χ2n) is 6.38. The van der Waals surface area contributed by atoms with Gasteiger partial charge in [-0.2, -0.15) is 0 Å². The molecule has 0 aliphatic heterocycles. The van der Waals surface area contributed by atoms with Crippen LogP contribution in [-0.4, -0.2) is 15.8 Å². The number of nitrogens with zero attached hydrogens (tertiary/aromatic N) is 2. The zero-order chi connectivity index (χ0) is 17.5. The minimum atomic E-state index is 0.307. The van der Waals surface area contributed by atoms with Gasteiger partial charge in [0.1, 0.15) is 12.1 Å². The van der Waals surface area contributed by atoms with Crippen molar-refractivity contribution >= 4 is 5.78 Å². The van der Waals surface area contributed by atoms with Crippen molar-refractivity contribution in [2.45, 2.75) is 32.6 Å². The summed E-state index contributed by atoms with van der Waals surface area (Å²) in [5.74, 6) is 0.307. The first-order valence-corrected chi connectivity index (χ1v) is 8.62. The number of aryl methyl sites for hydroxylation is 2. The summed E-state index contributed by atoms with van der Waals surface area (Å²) in [6.45, 7) is 2.06. The van der Waals surface area contributed by atoms with Gasteiger partial charge in [0, 0.05) is 30.8 Å². The quantitative estimate of drug-likeness (QED) is 0.636. The normalized spacial score (nSPS) is 10.6. The maximum absolute atomic E-state index is 12.1. The van der Waals surface area contributed by atoms with Gasteiger partial charge in [-0.25, -0.2) is 9.97 Å². The van der Waals surface area contributed by atoms with Crippen molar-refractivity contribution in [1.82, 2.24) is 9.97 Å². The third kappa shape index (κ3) is 5.08. The molecule has 0 aliphatic carbocycles. The van der Waals surface area contributed by atoms with Crippen LogP contribution in [0.2, 0.25) is 0 Å². The SMILES string of the molecule is Cc1ccc(CC(=O)CCCc2ccc(-c3cncnc3)cc2)cc1. The van der Waals surface area contributed by atoms with E-state index in [1.54, 1.807) is 0 Å². The minimum Gasteiger partial charge on any atom is -0.299 e. The number of rotatable bonds is 7. The number of carbonyl (C=O) groups excluding carboxylic acids is 1. The van der Waals surface area contributed by atoms with Crippen LogP contribution in [-0.2, 0) is 17.6 Å². The average Bonchev–Trinajstić information content (AvgIpc) is 2.65. The van der Waals surface area contributed by atoms with E-state index in [0.717, 1.165) is 29.5 Å². The van der Waals surface area contributed by atoms with E-state index in [0.29, 0.717) is 18.6 Å². The molecule has 0 bridgehead atoms. The largest absolute Gasteiger partial charge is 0.299 e. The molecule has 3 heteroatoms. The predicted molar refractivity (Wildman–Crippen MR) is 100 cm³/mol. The molecule has 3 nitrogen and oxygen atoms in total. The van der Waals surface area contributed by atoms with Gasteiger partial charge < -0.3 is 0 Å². The van der Waals surface area contributed by atoms with E-state index in [4.69, 9.17) is 0 Å². The Morgan fingerprint density at radius 2 is 1.48 bits per heavy atom. The molecule has 0 atom stereocenters. The third-order valence-corrected chi connectivity index (χ3v) is 4.29. The highest BCUT2D eigenvalue weighted by Crippen LogP contribution is 2.18. The number of hydrogen-bond acceptors (Lipinski definition) is 3. The molecular formula is C22H22N2O. The molecular weight excluding hydrogens is 308 g/mol. The maximum atomic E-state index is 12.1. The number of ketones is 1. The van der Waals surface area contributed by atoms with E-state index in [2.05, 4.69) is 53.3 Å². The van der Waals surface area contributed by atoms with E-state index >= 15 is 0 Å². The van der Waals surface area contributed by atoms with Crippen molar-refractivity contribution in [2.75, 3.05) is 0 Å². The Balaban J connectivity index is 1.47. The Morgan fingerprint density at radius 3 is 2.16 bits per heavy atom. The number of aromatic nitrogens is 2. The van der Waals surface area contributed by atoms with Gasteiger partial charge >= 0.3 is 0 Å². The van der Waals surface area contributed by atoms with Crippen LogP contribution >= 0.6 is 0 Å². The molecule has 0 fully saturated rings. The Morgan fingerprint density at radius 1 is 0.840 bits per heavy atom. The maximum Gasteiger partial charge on any atom is 0.137 e. The minimum absolute atomic E-state index is 0.307. The zero-order valence-corrected chi connectivity index (χ0v) is 14.5. The third-order valence-electron chi connectivity index (χ3n) is 4.29. The van der Waals surface area contributed by atoms with Crippen LogP contribution in [0.4, 0.5) is 0 Å². The van der Waals surface area contributed by atoms with Crippen LogP contribution in [0.25, 0.3) is 11.1 Å². The monoisotopic (exact) mass is 330 g/mol. The predicted octanol–water partition coefficient (Wildman–Crippen LogP) is 4.59. The van der Waals surface area contributed by atoms with Crippen LogP contribution in [0.1, 0.15) is 29.5 Å². The van der Waals surface area contributed by atoms with E-state index in [-0.39, 0.29) is 0 Å². The molecule has 0 saturated carbocycles. The van der Waals surface area contributed by atoms with Crippen molar-refractivity contribution < 1.29 is 4.79 Å². The van der Waals surface area contributed by atoms with Crippen LogP contribution in [0.3, 0.4) is 0 Å². The summed E-state index contributed by atoms with van der Waals surface area (Å²) >= 11 is 0. The molecule has 126 valence electrons. The Hall–Kier alpha value is -2.81. The standard InChI is InChI=1S/C22H22N2O/c1-17-5-7-19(8-6-17)13-22(25)4-2-3-18-9-11-20(12-10-18)21-14-23-16-24-15-21/h5-12,14-16H,2-4,13H2,1H3. The van der Waals surface area contributed by atoms with Gasteiger partial charge in [-0.1, -0.05) is 54.1 Å². The topological polar surface area (TPSA) is 42.9 Å². The molecule has 25 heavy (non-hydrogen) atoms. The van der Waals surface area contributed by atoms with Gasteiger partial charge in [-0.05, 0) is 36.5 Å². The molecule has 0 radical (unpaired) electrons. The fraction of sp³-hybridized carbons (Fsp3) is 0.227. The summed E-state index contributed by atoms with van der Waals surface area (Å²) in [6.07, 6.45) is 8.13. The van der Waals surface area contributed by atoms with Gasteiger partial charge in [0.05, 0.1) is 0 Å². The molecule has 1 heterocycles. The molecule has 0 aliphatic rings. The molecule has 0 unspecified atom stereocenters. The second-order valence-corrected chi connectivity index (χ2v) is 6.38. The average molecular weight is 330 g/mol. The molecule has 1 aromatic heterocycles. The van der Waals surface area contributed by atoms with Crippen LogP contribution in [0.5, 0.6) is 0 Å². The van der Waals surface area contributed by atoms with Crippen LogP contribution in [0.15, 0.2) is 67.3 Å². The van der Waals surface area contributed by atoms with Crippen molar-refractivity contribution in [3.05, 3.63) is 83.9 Å². The van der Waals surface area contributed by atoms with E-state index in [9.17, 15) is 4.79 Å². The van der Waals surface area contributed by atoms with Crippen molar-refractivity contribution in [1.29, 1.82) is 0 Å². The fourth-order valence-electron chi connectivity index (χ4n) is 2.82. The van der Waals surface area contributed by atoms with Gasteiger partial charge in [-0.15, -0.1) is 0 Å². The van der Waals surface area contributed by atoms with Crippen molar-refractivity contribution in [3.63, 3.8) is 0 Å². The molecule has 0 saturated heterocycles. The van der Waals surface area contributed by atoms with Gasteiger partial charge in [0.25, 0.3) is 0 Å². The molecule has 2 aromatic carbocycles. The van der Waals surface area contributed by atoms with E-state index in [1.165, 1.54) is 17.5 Å². The summed E-state index contributed by atoms with van der Waals surface area (Å²) < 4.78 is 0. The Labute approximate surface area is 148 Å². The molecule has 3 aromatic rings. The van der Waals surface area contributed by atoms with Crippen molar-refractivity contribution in [2.24, 2.45) is 0 Å². The smallest absolute Gasteiger partial charge is 0.137 e. The Kier molecular flexibility index (Phi) is 5.68. The number of Topliss-reactive ketones (excluding diaryl/α,β-unsaturated/α-hetero) is 1. The van der Waals surface area contributed by atoms with E-state index in [1.807, 2.05) is 24.5 Å². The second kappa shape index (κ2) is 8.34. The number of benzene rings is 2. The highest BCUT2D eigenvalue weighted by atomic mass is 16.1. The number of carbonyl (C=O) groups is 1.